The second-order valence-electron chi connectivity index (χ2n) is 10.1. The van der Waals surface area contributed by atoms with E-state index in [1.165, 1.54) is 12.1 Å². The lowest BCUT2D eigenvalue weighted by Gasteiger charge is -2.28. The third-order valence-corrected chi connectivity index (χ3v) is 8.92. The number of fused-ring (bicyclic) bond motifs is 1. The average molecular weight is 550 g/mol. The number of amides is 1. The van der Waals surface area contributed by atoms with Crippen molar-refractivity contribution in [2.45, 2.75) is 49.6 Å². The third-order valence-electron chi connectivity index (χ3n) is 7.40. The third kappa shape index (κ3) is 6.55. The molecule has 1 amide bonds. The Morgan fingerprint density at radius 3 is 2.31 bits per heavy atom. The molecule has 0 bridgehead atoms. The Balaban J connectivity index is 1.15. The molecule has 204 valence electrons. The molecule has 1 saturated carbocycles. The molecule has 1 aliphatic carbocycles. The zero-order valence-electron chi connectivity index (χ0n) is 21.5. The highest BCUT2D eigenvalue weighted by molar-refractivity contribution is 7.89. The summed E-state index contributed by atoms with van der Waals surface area (Å²) < 4.78 is 42.2. The summed E-state index contributed by atoms with van der Waals surface area (Å²) in [5.74, 6) is -0.438. The maximum Gasteiger partial charge on any atom is 0.240 e. The van der Waals surface area contributed by atoms with Gasteiger partial charge in [0.15, 0.2) is 0 Å². The van der Waals surface area contributed by atoms with Gasteiger partial charge in [0, 0.05) is 35.1 Å². The summed E-state index contributed by atoms with van der Waals surface area (Å²) in [4.78, 5) is 16.1. The Morgan fingerprint density at radius 2 is 1.62 bits per heavy atom. The van der Waals surface area contributed by atoms with Crippen LogP contribution in [0.2, 0.25) is 0 Å². The van der Waals surface area contributed by atoms with E-state index in [0.29, 0.717) is 38.6 Å². The predicted molar refractivity (Wildman–Crippen MR) is 149 cm³/mol. The summed E-state index contributed by atoms with van der Waals surface area (Å²) in [5, 5.41) is 13.1. The fraction of sp³-hybridized carbons (Fsp3) is 0.300. The van der Waals surface area contributed by atoms with Crippen LogP contribution in [0.5, 0.6) is 0 Å². The van der Waals surface area contributed by atoms with Gasteiger partial charge in [-0.05, 0) is 79.1 Å². The van der Waals surface area contributed by atoms with Gasteiger partial charge in [-0.3, -0.25) is 4.79 Å². The van der Waals surface area contributed by atoms with Crippen molar-refractivity contribution in [3.63, 3.8) is 0 Å². The first-order valence-corrected chi connectivity index (χ1v) is 14.7. The number of hydrogen-bond acceptors (Lipinski definition) is 4. The van der Waals surface area contributed by atoms with Crippen molar-refractivity contribution in [1.29, 1.82) is 0 Å². The van der Waals surface area contributed by atoms with Gasteiger partial charge in [0.2, 0.25) is 15.9 Å². The highest BCUT2D eigenvalue weighted by atomic mass is 32.2. The number of H-pyrrole nitrogens is 1. The SMILES string of the molecule is O=C(NCCc1ccc(F)cc1)[C@H]1CC[C@H](NS(=O)(=O)c2ccc3cc(-c4ccc(CO)cc4)[nH]c3c2)CC1. The molecule has 1 heterocycles. The molecule has 0 radical (unpaired) electrons. The number of aromatic amines is 1. The number of sulfonamides is 1. The fourth-order valence-electron chi connectivity index (χ4n) is 5.10. The van der Waals surface area contributed by atoms with Gasteiger partial charge >= 0.3 is 0 Å². The molecule has 4 N–H and O–H groups in total. The molecule has 0 spiro atoms. The second-order valence-corrected chi connectivity index (χ2v) is 11.8. The first kappa shape index (κ1) is 27.1. The summed E-state index contributed by atoms with van der Waals surface area (Å²) in [5.41, 5.74) is 4.32. The molecular formula is C30H32FN3O4S. The summed E-state index contributed by atoms with van der Waals surface area (Å²) in [6, 6.07) is 20.6. The number of aliphatic hydroxyl groups is 1. The van der Waals surface area contributed by atoms with Crippen molar-refractivity contribution in [3.05, 3.63) is 89.7 Å². The number of halogens is 1. The summed E-state index contributed by atoms with van der Waals surface area (Å²) >= 11 is 0. The Bertz CT molecular complexity index is 1540. The van der Waals surface area contributed by atoms with E-state index in [4.69, 9.17) is 0 Å². The standard InChI is InChI=1S/C30H32FN3O4S/c31-25-10-3-20(4-11-25)15-16-32-30(36)23-7-12-26(13-8-23)34-39(37,38)27-14-9-24-17-28(33-29(24)18-27)22-5-1-21(19-35)2-6-22/h1-6,9-11,14,17-18,23,26,33-35H,7-8,12-13,15-16,19H2,(H,32,36)/t23-,26-. The lowest BCUT2D eigenvalue weighted by atomic mass is 9.86. The maximum absolute atomic E-state index is 13.2. The van der Waals surface area contributed by atoms with Gasteiger partial charge in [-0.15, -0.1) is 0 Å². The van der Waals surface area contributed by atoms with Crippen molar-refractivity contribution in [2.75, 3.05) is 6.54 Å². The topological polar surface area (TPSA) is 111 Å². The van der Waals surface area contributed by atoms with Crippen LogP contribution in [0.1, 0.15) is 36.8 Å². The van der Waals surface area contributed by atoms with Crippen LogP contribution in [0.15, 0.2) is 77.7 Å². The van der Waals surface area contributed by atoms with E-state index in [0.717, 1.165) is 33.3 Å². The molecule has 4 aromatic rings. The molecule has 0 aliphatic heterocycles. The lowest BCUT2D eigenvalue weighted by molar-refractivity contribution is -0.125. The molecule has 0 unspecified atom stereocenters. The smallest absolute Gasteiger partial charge is 0.240 e. The Morgan fingerprint density at radius 1 is 0.923 bits per heavy atom. The molecule has 0 saturated heterocycles. The largest absolute Gasteiger partial charge is 0.392 e. The van der Waals surface area contributed by atoms with Gasteiger partial charge in [0.1, 0.15) is 5.82 Å². The number of rotatable bonds is 9. The molecule has 3 aromatic carbocycles. The first-order chi connectivity index (χ1) is 18.8. The van der Waals surface area contributed by atoms with Gasteiger partial charge in [0.25, 0.3) is 0 Å². The van der Waals surface area contributed by atoms with Crippen molar-refractivity contribution >= 4 is 26.8 Å². The van der Waals surface area contributed by atoms with Crippen LogP contribution in [0.25, 0.3) is 22.2 Å². The highest BCUT2D eigenvalue weighted by Gasteiger charge is 2.29. The van der Waals surface area contributed by atoms with Crippen LogP contribution < -0.4 is 10.0 Å². The van der Waals surface area contributed by atoms with Crippen LogP contribution in [0, 0.1) is 11.7 Å². The van der Waals surface area contributed by atoms with Gasteiger partial charge in [-0.25, -0.2) is 17.5 Å². The van der Waals surface area contributed by atoms with Gasteiger partial charge < -0.3 is 15.4 Å². The Hall–Kier alpha value is -3.53. The second kappa shape index (κ2) is 11.7. The van der Waals surface area contributed by atoms with E-state index in [9.17, 15) is 22.7 Å². The lowest BCUT2D eigenvalue weighted by Crippen LogP contribution is -2.41. The molecule has 9 heteroatoms. The monoisotopic (exact) mass is 549 g/mol. The molecule has 39 heavy (non-hydrogen) atoms. The Kier molecular flexibility index (Phi) is 8.11. The zero-order valence-corrected chi connectivity index (χ0v) is 22.3. The number of aliphatic hydroxyl groups excluding tert-OH is 1. The summed E-state index contributed by atoms with van der Waals surface area (Å²) in [6.07, 6.45) is 3.04. The molecule has 1 fully saturated rings. The van der Waals surface area contributed by atoms with E-state index in [1.807, 2.05) is 30.3 Å². The van der Waals surface area contributed by atoms with E-state index in [-0.39, 0.29) is 35.2 Å². The minimum absolute atomic E-state index is 0.0163. The van der Waals surface area contributed by atoms with Crippen LogP contribution in [0.4, 0.5) is 4.39 Å². The molecule has 5 rings (SSSR count). The van der Waals surface area contributed by atoms with Gasteiger partial charge in [-0.2, -0.15) is 0 Å². The van der Waals surface area contributed by atoms with E-state index in [1.54, 1.807) is 30.3 Å². The molecule has 1 aliphatic rings. The Labute approximate surface area is 227 Å². The fourth-order valence-corrected chi connectivity index (χ4v) is 6.44. The van der Waals surface area contributed by atoms with Crippen LogP contribution >= 0.6 is 0 Å². The normalized spacial score (nSPS) is 17.8. The van der Waals surface area contributed by atoms with Crippen LogP contribution in [-0.2, 0) is 27.8 Å². The first-order valence-electron chi connectivity index (χ1n) is 13.2. The van der Waals surface area contributed by atoms with Crippen molar-refractivity contribution < 1.29 is 22.7 Å². The number of carbonyl (C=O) groups excluding carboxylic acids is 1. The minimum atomic E-state index is -3.73. The summed E-state index contributed by atoms with van der Waals surface area (Å²) in [6.45, 7) is 0.461. The quantitative estimate of drug-likeness (QED) is 0.243. The van der Waals surface area contributed by atoms with E-state index < -0.39 is 10.0 Å². The molecule has 0 atom stereocenters. The average Bonchev–Trinajstić information content (AvgIpc) is 3.38. The summed E-state index contributed by atoms with van der Waals surface area (Å²) in [7, 11) is -3.73. The molecule has 7 nitrogen and oxygen atoms in total. The number of carbonyl (C=O) groups is 1. The van der Waals surface area contributed by atoms with Crippen molar-refractivity contribution in [1.82, 2.24) is 15.0 Å². The van der Waals surface area contributed by atoms with Gasteiger partial charge in [-0.1, -0.05) is 42.5 Å². The zero-order chi connectivity index (χ0) is 27.4. The van der Waals surface area contributed by atoms with Crippen LogP contribution in [0.3, 0.4) is 0 Å². The van der Waals surface area contributed by atoms with Crippen LogP contribution in [-0.4, -0.2) is 37.0 Å². The molecule has 1 aromatic heterocycles. The number of hydrogen-bond donors (Lipinski definition) is 4. The van der Waals surface area contributed by atoms with Crippen molar-refractivity contribution in [2.24, 2.45) is 5.92 Å². The number of nitrogens with one attached hydrogen (secondary N) is 3. The minimum Gasteiger partial charge on any atom is -0.392 e. The van der Waals surface area contributed by atoms with Gasteiger partial charge in [0.05, 0.1) is 11.5 Å². The number of aromatic nitrogens is 1. The van der Waals surface area contributed by atoms with E-state index in [2.05, 4.69) is 15.0 Å². The number of benzene rings is 3. The molecular weight excluding hydrogens is 517 g/mol. The van der Waals surface area contributed by atoms with E-state index >= 15 is 0 Å². The predicted octanol–water partition coefficient (Wildman–Crippen LogP) is 4.66. The van der Waals surface area contributed by atoms with Crippen molar-refractivity contribution in [3.8, 4) is 11.3 Å². The maximum atomic E-state index is 13.2. The highest BCUT2D eigenvalue weighted by Crippen LogP contribution is 2.28.